The van der Waals surface area contributed by atoms with E-state index in [1.165, 1.54) is 0 Å². The lowest BCUT2D eigenvalue weighted by atomic mass is 10.1. The van der Waals surface area contributed by atoms with E-state index in [4.69, 9.17) is 17.3 Å². The zero-order valence-corrected chi connectivity index (χ0v) is 14.9. The first-order chi connectivity index (χ1) is 12.6. The quantitative estimate of drug-likeness (QED) is 0.556. The second kappa shape index (κ2) is 6.57. The number of carbonyl (C=O) groups excluding carboxylic acids is 1. The number of hydrogen-bond donors (Lipinski definition) is 2. The second-order valence-electron chi connectivity index (χ2n) is 6.00. The van der Waals surface area contributed by atoms with E-state index in [9.17, 15) is 4.79 Å². The van der Waals surface area contributed by atoms with Crippen LogP contribution in [0.5, 0.6) is 0 Å². The third-order valence-electron chi connectivity index (χ3n) is 4.17. The first-order valence-electron chi connectivity index (χ1n) is 8.17. The lowest BCUT2D eigenvalue weighted by Gasteiger charge is -2.04. The molecule has 5 nitrogen and oxygen atoms in total. The molecule has 1 fully saturated rings. The van der Waals surface area contributed by atoms with Gasteiger partial charge >= 0.3 is 0 Å². The Morgan fingerprint density at radius 3 is 2.46 bits per heavy atom. The number of nitrogens with zero attached hydrogens (tertiary/aromatic N) is 2. The summed E-state index contributed by atoms with van der Waals surface area (Å²) in [5.74, 6) is -0.238. The number of hydrogen-bond acceptors (Lipinski definition) is 3. The summed E-state index contributed by atoms with van der Waals surface area (Å²) in [4.78, 5) is 12.0. The van der Waals surface area contributed by atoms with E-state index in [2.05, 4.69) is 10.6 Å². The van der Waals surface area contributed by atoms with Crippen LogP contribution in [0.1, 0.15) is 11.1 Å². The summed E-state index contributed by atoms with van der Waals surface area (Å²) in [5.41, 5.74) is 5.14. The van der Waals surface area contributed by atoms with Crippen molar-refractivity contribution in [3.05, 3.63) is 77.6 Å². The van der Waals surface area contributed by atoms with E-state index in [0.29, 0.717) is 10.8 Å². The van der Waals surface area contributed by atoms with Crippen molar-refractivity contribution in [1.82, 2.24) is 20.4 Å². The number of aryl methyl sites for hydroxylation is 1. The molecule has 1 aliphatic heterocycles. The number of benzene rings is 2. The standard InChI is InChI=1S/C20H16N4OS/c1-13-7-5-6-10-17(13)24-12-15(11-16-19(25)22-20(26)21-16)18(23-24)14-8-3-2-4-9-14/h2-12H,1H3,(H2,21,22,25,26)/b16-11-. The van der Waals surface area contributed by atoms with Crippen molar-refractivity contribution in [2.24, 2.45) is 0 Å². The molecule has 6 heteroatoms. The highest BCUT2D eigenvalue weighted by Gasteiger charge is 2.21. The lowest BCUT2D eigenvalue weighted by molar-refractivity contribution is -0.115. The minimum atomic E-state index is -0.238. The second-order valence-corrected chi connectivity index (χ2v) is 6.40. The lowest BCUT2D eigenvalue weighted by Crippen LogP contribution is -2.21. The molecule has 1 aromatic heterocycles. The van der Waals surface area contributed by atoms with Gasteiger partial charge in [-0.15, -0.1) is 0 Å². The van der Waals surface area contributed by atoms with Crippen LogP contribution in [0.4, 0.5) is 0 Å². The van der Waals surface area contributed by atoms with Crippen LogP contribution < -0.4 is 10.6 Å². The molecular formula is C20H16N4OS. The van der Waals surface area contributed by atoms with E-state index in [0.717, 1.165) is 28.1 Å². The third kappa shape index (κ3) is 3.02. The molecule has 3 aromatic rings. The van der Waals surface area contributed by atoms with Crippen LogP contribution in [0.25, 0.3) is 23.0 Å². The van der Waals surface area contributed by atoms with Crippen molar-refractivity contribution in [3.63, 3.8) is 0 Å². The van der Waals surface area contributed by atoms with E-state index in [1.807, 2.05) is 72.4 Å². The number of nitrogens with one attached hydrogen (secondary N) is 2. The number of aromatic nitrogens is 2. The van der Waals surface area contributed by atoms with Crippen LogP contribution in [0.3, 0.4) is 0 Å². The van der Waals surface area contributed by atoms with E-state index >= 15 is 0 Å². The van der Waals surface area contributed by atoms with Crippen molar-refractivity contribution in [2.75, 3.05) is 0 Å². The summed E-state index contributed by atoms with van der Waals surface area (Å²) in [6.07, 6.45) is 3.70. The van der Waals surface area contributed by atoms with Crippen molar-refractivity contribution in [2.45, 2.75) is 6.92 Å². The van der Waals surface area contributed by atoms with Gasteiger partial charge < -0.3 is 5.32 Å². The van der Waals surface area contributed by atoms with Crippen molar-refractivity contribution in [3.8, 4) is 16.9 Å². The Morgan fingerprint density at radius 1 is 1.04 bits per heavy atom. The van der Waals surface area contributed by atoms with Crippen LogP contribution in [0.15, 0.2) is 66.5 Å². The average Bonchev–Trinajstić information content (AvgIpc) is 3.19. The smallest absolute Gasteiger partial charge is 0.273 e. The summed E-state index contributed by atoms with van der Waals surface area (Å²) in [5, 5.41) is 10.6. The first kappa shape index (κ1) is 16.2. The zero-order chi connectivity index (χ0) is 18.1. The Bertz CT molecular complexity index is 1040. The Morgan fingerprint density at radius 2 is 1.77 bits per heavy atom. The first-order valence-corrected chi connectivity index (χ1v) is 8.58. The predicted molar refractivity (Wildman–Crippen MR) is 106 cm³/mol. The molecule has 26 heavy (non-hydrogen) atoms. The fourth-order valence-corrected chi connectivity index (χ4v) is 3.10. The molecule has 2 aromatic carbocycles. The van der Waals surface area contributed by atoms with Gasteiger partial charge in [-0.25, -0.2) is 4.68 Å². The van der Waals surface area contributed by atoms with Crippen LogP contribution >= 0.6 is 12.2 Å². The SMILES string of the molecule is Cc1ccccc1-n1cc(/C=C2\NC(=S)NC2=O)c(-c2ccccc2)n1. The van der Waals surface area contributed by atoms with Gasteiger partial charge in [0.25, 0.3) is 5.91 Å². The molecule has 128 valence electrons. The number of rotatable bonds is 3. The summed E-state index contributed by atoms with van der Waals surface area (Å²) >= 11 is 5.01. The Labute approximate surface area is 156 Å². The Hall–Kier alpha value is -3.25. The summed E-state index contributed by atoms with van der Waals surface area (Å²) in [6.45, 7) is 2.04. The third-order valence-corrected chi connectivity index (χ3v) is 4.38. The molecule has 4 rings (SSSR count). The van der Waals surface area contributed by atoms with E-state index in [1.54, 1.807) is 6.08 Å². The van der Waals surface area contributed by atoms with Gasteiger partial charge in [-0.3, -0.25) is 10.1 Å². The van der Waals surface area contributed by atoms with Gasteiger partial charge in [0, 0.05) is 17.3 Å². The molecule has 0 saturated carbocycles. The fourth-order valence-electron chi connectivity index (χ4n) is 2.90. The van der Waals surface area contributed by atoms with Gasteiger partial charge in [-0.05, 0) is 36.8 Å². The monoisotopic (exact) mass is 360 g/mol. The van der Waals surface area contributed by atoms with E-state index in [-0.39, 0.29) is 5.91 Å². The number of carbonyl (C=O) groups is 1. The Kier molecular flexibility index (Phi) is 4.10. The van der Waals surface area contributed by atoms with Gasteiger partial charge in [0.1, 0.15) is 11.4 Å². The van der Waals surface area contributed by atoms with Crippen LogP contribution in [-0.2, 0) is 4.79 Å². The summed E-state index contributed by atoms with van der Waals surface area (Å²) < 4.78 is 1.84. The predicted octanol–water partition coefficient (Wildman–Crippen LogP) is 3.19. The van der Waals surface area contributed by atoms with Gasteiger partial charge in [-0.1, -0.05) is 48.5 Å². The summed E-state index contributed by atoms with van der Waals surface area (Å²) in [7, 11) is 0. The molecule has 0 atom stereocenters. The topological polar surface area (TPSA) is 59.0 Å². The molecule has 1 saturated heterocycles. The maximum absolute atomic E-state index is 12.0. The maximum Gasteiger partial charge on any atom is 0.273 e. The van der Waals surface area contributed by atoms with Crippen LogP contribution in [-0.4, -0.2) is 20.8 Å². The molecule has 0 aliphatic carbocycles. The highest BCUT2D eigenvalue weighted by Crippen LogP contribution is 2.26. The van der Waals surface area contributed by atoms with Crippen molar-refractivity contribution >= 4 is 29.3 Å². The van der Waals surface area contributed by atoms with Gasteiger partial charge in [0.15, 0.2) is 5.11 Å². The molecule has 0 spiro atoms. The molecular weight excluding hydrogens is 344 g/mol. The fraction of sp³-hybridized carbons (Fsp3) is 0.0500. The molecule has 2 N–H and O–H groups in total. The van der Waals surface area contributed by atoms with Crippen LogP contribution in [0.2, 0.25) is 0 Å². The van der Waals surface area contributed by atoms with Crippen LogP contribution in [0, 0.1) is 6.92 Å². The molecule has 1 aliphatic rings. The molecule has 2 heterocycles. The normalized spacial score (nSPS) is 15.2. The minimum absolute atomic E-state index is 0.238. The largest absolute Gasteiger partial charge is 0.328 e. The van der Waals surface area contributed by atoms with Gasteiger partial charge in [0.05, 0.1) is 5.69 Å². The molecule has 0 radical (unpaired) electrons. The zero-order valence-electron chi connectivity index (χ0n) is 14.1. The number of thiocarbonyl (C=S) groups is 1. The van der Waals surface area contributed by atoms with Gasteiger partial charge in [-0.2, -0.15) is 5.10 Å². The van der Waals surface area contributed by atoms with Crippen molar-refractivity contribution in [1.29, 1.82) is 0 Å². The summed E-state index contributed by atoms with van der Waals surface area (Å²) in [6, 6.07) is 17.9. The minimum Gasteiger partial charge on any atom is -0.328 e. The number of amides is 1. The van der Waals surface area contributed by atoms with E-state index < -0.39 is 0 Å². The van der Waals surface area contributed by atoms with Crippen molar-refractivity contribution < 1.29 is 4.79 Å². The molecule has 1 amide bonds. The Balaban J connectivity index is 1.87. The average molecular weight is 360 g/mol. The highest BCUT2D eigenvalue weighted by molar-refractivity contribution is 7.80. The molecule has 0 unspecified atom stereocenters. The highest BCUT2D eigenvalue weighted by atomic mass is 32.1. The maximum atomic E-state index is 12.0. The molecule has 0 bridgehead atoms. The number of para-hydroxylation sites is 1. The van der Waals surface area contributed by atoms with Gasteiger partial charge in [0.2, 0.25) is 0 Å².